The van der Waals surface area contributed by atoms with Gasteiger partial charge in [0.2, 0.25) is 11.9 Å². The maximum Gasteiger partial charge on any atom is 0.212 e. The average Bonchev–Trinajstić information content (AvgIpc) is 3.49. The molecule has 0 saturated heterocycles. The van der Waals surface area contributed by atoms with Crippen molar-refractivity contribution in [1.29, 1.82) is 0 Å². The first-order valence-electron chi connectivity index (χ1n) is 10.1. The summed E-state index contributed by atoms with van der Waals surface area (Å²) in [6, 6.07) is 14.1. The molecule has 0 radical (unpaired) electrons. The number of nitrogens with one attached hydrogen (secondary N) is 4. The van der Waals surface area contributed by atoms with Crippen LogP contribution in [0.25, 0.3) is 21.5 Å². The van der Waals surface area contributed by atoms with E-state index in [9.17, 15) is 0 Å². The lowest BCUT2D eigenvalue weighted by Gasteiger charge is -2.13. The van der Waals surface area contributed by atoms with Gasteiger partial charge in [-0.15, -0.1) is 0 Å². The lowest BCUT2D eigenvalue weighted by Crippen LogP contribution is -2.30. The van der Waals surface area contributed by atoms with Crippen molar-refractivity contribution in [2.75, 3.05) is 26.2 Å². The molecule has 5 rings (SSSR count). The van der Waals surface area contributed by atoms with E-state index in [-0.39, 0.29) is 0 Å². The quantitative estimate of drug-likeness (QED) is 0.289. The molecule has 2 aliphatic heterocycles. The number of nitrogens with zero attached hydrogens (tertiary/aromatic N) is 4. The highest BCUT2D eigenvalue weighted by Gasteiger charge is 2.13. The summed E-state index contributed by atoms with van der Waals surface area (Å²) in [5, 5.41) is 20.0. The Balaban J connectivity index is 1.61. The second-order valence-electron chi connectivity index (χ2n) is 7.12. The highest BCUT2D eigenvalue weighted by atomic mass is 35.5. The maximum absolute atomic E-state index is 6.36. The van der Waals surface area contributed by atoms with Gasteiger partial charge >= 0.3 is 0 Å². The van der Waals surface area contributed by atoms with Crippen molar-refractivity contribution >= 4 is 57.5 Å². The van der Waals surface area contributed by atoms with E-state index in [2.05, 4.69) is 53.8 Å². The normalized spacial score (nSPS) is 16.0. The summed E-state index contributed by atoms with van der Waals surface area (Å²) in [7, 11) is 0. The Bertz CT molecular complexity index is 1260. The van der Waals surface area contributed by atoms with Crippen molar-refractivity contribution in [3.05, 3.63) is 58.6 Å². The molecular formula is C22H21ClN8. The number of fused-ring (bicyclic) bond motifs is 2. The van der Waals surface area contributed by atoms with Crippen molar-refractivity contribution < 1.29 is 0 Å². The molecule has 0 fully saturated rings. The lowest BCUT2D eigenvalue weighted by atomic mass is 9.92. The monoisotopic (exact) mass is 432 g/mol. The molecule has 9 heteroatoms. The third-order valence-corrected chi connectivity index (χ3v) is 5.38. The van der Waals surface area contributed by atoms with E-state index < -0.39 is 0 Å². The number of guanidine groups is 2. The number of benzene rings is 3. The third-order valence-electron chi connectivity index (χ3n) is 5.15. The van der Waals surface area contributed by atoms with Crippen molar-refractivity contribution in [3.8, 4) is 0 Å². The Hall–Kier alpha value is -3.65. The predicted molar refractivity (Wildman–Crippen MR) is 129 cm³/mol. The van der Waals surface area contributed by atoms with Crippen LogP contribution in [-0.2, 0) is 0 Å². The Morgan fingerprint density at radius 1 is 0.774 bits per heavy atom. The second kappa shape index (κ2) is 8.61. The van der Waals surface area contributed by atoms with Crippen LogP contribution in [-0.4, -0.2) is 50.5 Å². The molecule has 0 aromatic heterocycles. The molecule has 3 aromatic rings. The summed E-state index contributed by atoms with van der Waals surface area (Å²) in [6.07, 6.45) is 3.65. The number of rotatable bonds is 4. The lowest BCUT2D eigenvalue weighted by molar-refractivity contribution is 0.920. The van der Waals surface area contributed by atoms with E-state index in [1.165, 1.54) is 0 Å². The van der Waals surface area contributed by atoms with Gasteiger partial charge in [0.25, 0.3) is 0 Å². The van der Waals surface area contributed by atoms with Crippen LogP contribution >= 0.6 is 11.6 Å². The molecule has 0 aliphatic carbocycles. The van der Waals surface area contributed by atoms with Crippen LogP contribution in [0.3, 0.4) is 0 Å². The fourth-order valence-electron chi connectivity index (χ4n) is 3.76. The van der Waals surface area contributed by atoms with E-state index in [4.69, 9.17) is 11.6 Å². The van der Waals surface area contributed by atoms with Crippen LogP contribution in [0, 0.1) is 0 Å². The molecule has 4 N–H and O–H groups in total. The van der Waals surface area contributed by atoms with E-state index in [0.717, 1.165) is 58.9 Å². The van der Waals surface area contributed by atoms with Gasteiger partial charge in [0, 0.05) is 29.2 Å². The predicted octanol–water partition coefficient (Wildman–Crippen LogP) is 2.41. The molecule has 0 amide bonds. The van der Waals surface area contributed by atoms with Gasteiger partial charge in [0.05, 0.1) is 25.5 Å². The highest BCUT2D eigenvalue weighted by molar-refractivity contribution is 6.32. The molecule has 0 saturated carbocycles. The zero-order valence-electron chi connectivity index (χ0n) is 16.7. The molecule has 0 atom stereocenters. The van der Waals surface area contributed by atoms with Crippen LogP contribution in [0.5, 0.6) is 0 Å². The van der Waals surface area contributed by atoms with Gasteiger partial charge in [0.15, 0.2) is 0 Å². The first kappa shape index (κ1) is 19.3. The van der Waals surface area contributed by atoms with Crippen molar-refractivity contribution in [2.45, 2.75) is 0 Å². The number of halogens is 1. The van der Waals surface area contributed by atoms with E-state index in [0.29, 0.717) is 16.9 Å². The van der Waals surface area contributed by atoms with Crippen molar-refractivity contribution in [2.24, 2.45) is 20.2 Å². The second-order valence-corrected chi connectivity index (χ2v) is 7.55. The zero-order valence-corrected chi connectivity index (χ0v) is 17.4. The van der Waals surface area contributed by atoms with Gasteiger partial charge in [-0.3, -0.25) is 0 Å². The maximum atomic E-state index is 6.36. The van der Waals surface area contributed by atoms with Gasteiger partial charge in [0.1, 0.15) is 0 Å². The van der Waals surface area contributed by atoms with Crippen LogP contribution in [0.2, 0.25) is 5.02 Å². The smallest absolute Gasteiger partial charge is 0.212 e. The molecule has 31 heavy (non-hydrogen) atoms. The van der Waals surface area contributed by atoms with E-state index >= 15 is 0 Å². The molecule has 2 heterocycles. The van der Waals surface area contributed by atoms with Crippen LogP contribution in [0.15, 0.2) is 62.7 Å². The number of aliphatic imine (C=N–C) groups is 2. The summed E-state index contributed by atoms with van der Waals surface area (Å²) in [4.78, 5) is 8.61. The Labute approximate surface area is 184 Å². The summed E-state index contributed by atoms with van der Waals surface area (Å²) in [5.41, 5.74) is 7.93. The number of hydrogen-bond acceptors (Lipinski definition) is 8. The largest absolute Gasteiger partial charge is 0.353 e. The summed E-state index contributed by atoms with van der Waals surface area (Å²) < 4.78 is 0. The van der Waals surface area contributed by atoms with Crippen LogP contribution in [0.1, 0.15) is 11.1 Å². The fraction of sp³-hybridized carbons (Fsp3) is 0.182. The number of hydrazone groups is 2. The topological polar surface area (TPSA) is 97.6 Å². The Morgan fingerprint density at radius 2 is 1.32 bits per heavy atom. The first-order chi connectivity index (χ1) is 15.3. The SMILES string of the molecule is Clc1ccc2c(/C=N/NC3=NCCN3)c3ccccc3c(/C=N/NC3=NCCN3)c2c1. The Morgan fingerprint density at radius 3 is 1.87 bits per heavy atom. The molecule has 0 bridgehead atoms. The standard InChI is InChI=1S/C22H21ClN8/c23-14-5-6-17-18(11-14)20(13-29-31-22-26-9-10-27-22)16-4-2-1-3-15(16)19(17)12-28-30-21-24-7-8-25-21/h1-6,11-13H,7-10H2,(H2,24,25,30)(H2,26,27,31)/b28-12+,29-13+. The minimum absolute atomic E-state index is 0.665. The molecule has 3 aromatic carbocycles. The van der Waals surface area contributed by atoms with Gasteiger partial charge in [-0.2, -0.15) is 10.2 Å². The zero-order chi connectivity index (χ0) is 21.0. The molecule has 156 valence electrons. The van der Waals surface area contributed by atoms with Crippen molar-refractivity contribution in [1.82, 2.24) is 21.5 Å². The van der Waals surface area contributed by atoms with Crippen LogP contribution < -0.4 is 21.5 Å². The van der Waals surface area contributed by atoms with Gasteiger partial charge in [-0.1, -0.05) is 41.9 Å². The minimum Gasteiger partial charge on any atom is -0.353 e. The van der Waals surface area contributed by atoms with Gasteiger partial charge in [-0.05, 0) is 33.7 Å². The first-order valence-corrected chi connectivity index (χ1v) is 10.5. The van der Waals surface area contributed by atoms with E-state index in [1.807, 2.05) is 42.8 Å². The molecule has 0 spiro atoms. The van der Waals surface area contributed by atoms with Gasteiger partial charge < -0.3 is 10.6 Å². The Kier molecular flexibility index (Phi) is 5.37. The summed E-state index contributed by atoms with van der Waals surface area (Å²) in [5.74, 6) is 1.37. The fourth-order valence-corrected chi connectivity index (χ4v) is 3.93. The molecular weight excluding hydrogens is 412 g/mol. The summed E-state index contributed by atoms with van der Waals surface area (Å²) >= 11 is 6.36. The summed E-state index contributed by atoms with van der Waals surface area (Å²) in [6.45, 7) is 3.16. The minimum atomic E-state index is 0.665. The van der Waals surface area contributed by atoms with E-state index in [1.54, 1.807) is 0 Å². The molecule has 0 unspecified atom stereocenters. The van der Waals surface area contributed by atoms with Gasteiger partial charge in [-0.25, -0.2) is 20.8 Å². The average molecular weight is 433 g/mol. The molecule has 2 aliphatic rings. The third kappa shape index (κ3) is 4.02. The highest BCUT2D eigenvalue weighted by Crippen LogP contribution is 2.32. The van der Waals surface area contributed by atoms with Crippen LogP contribution in [0.4, 0.5) is 0 Å². The van der Waals surface area contributed by atoms with Crippen molar-refractivity contribution in [3.63, 3.8) is 0 Å². The number of hydrogen-bond donors (Lipinski definition) is 4. The molecule has 8 nitrogen and oxygen atoms in total.